The summed E-state index contributed by atoms with van der Waals surface area (Å²) in [5.74, 6) is -0.327. The predicted octanol–water partition coefficient (Wildman–Crippen LogP) is 2.74. The van der Waals surface area contributed by atoms with Crippen LogP contribution in [-0.2, 0) is 4.79 Å². The lowest BCUT2D eigenvalue weighted by Gasteiger charge is -2.14. The number of benzene rings is 2. The molecule has 3 aromatic rings. The third-order valence-corrected chi connectivity index (χ3v) is 4.36. The summed E-state index contributed by atoms with van der Waals surface area (Å²) < 4.78 is 1.50. The second-order valence-corrected chi connectivity index (χ2v) is 6.40. The minimum absolute atomic E-state index is 0.0151. The van der Waals surface area contributed by atoms with E-state index >= 15 is 0 Å². The maximum absolute atomic E-state index is 12.7. The van der Waals surface area contributed by atoms with Gasteiger partial charge in [-0.15, -0.1) is 5.10 Å². The Bertz CT molecular complexity index is 949. The number of nitrogens with zero attached hydrogens (tertiary/aromatic N) is 4. The Morgan fingerprint density at radius 2 is 1.85 bits per heavy atom. The maximum Gasteiger partial charge on any atom is 0.251 e. The van der Waals surface area contributed by atoms with Crippen LogP contribution in [-0.4, -0.2) is 37.9 Å². The third-order valence-electron chi connectivity index (χ3n) is 4.36. The molecule has 0 saturated carbocycles. The van der Waals surface area contributed by atoms with E-state index in [0.29, 0.717) is 17.7 Å². The average Bonchev–Trinajstić information content (AvgIpc) is 3.22. The summed E-state index contributed by atoms with van der Waals surface area (Å²) in [6.07, 6.45) is 1.85. The molecule has 7 nitrogen and oxygen atoms in total. The molecule has 2 aromatic carbocycles. The molecule has 1 amide bonds. The molecule has 138 valence electrons. The fourth-order valence-electron chi connectivity index (χ4n) is 2.73. The number of nitrogens with one attached hydrogen (secondary N) is 1. The van der Waals surface area contributed by atoms with Crippen molar-refractivity contribution in [2.24, 2.45) is 0 Å². The molecule has 1 unspecified atom stereocenters. The number of ketones is 1. The number of hydrogen-bond donors (Lipinski definition) is 1. The van der Waals surface area contributed by atoms with Gasteiger partial charge in [0.05, 0.1) is 11.7 Å². The van der Waals surface area contributed by atoms with Crippen LogP contribution in [0.15, 0.2) is 48.8 Å². The van der Waals surface area contributed by atoms with Gasteiger partial charge in [0.15, 0.2) is 5.78 Å². The van der Waals surface area contributed by atoms with Crippen molar-refractivity contribution in [2.75, 3.05) is 0 Å². The van der Waals surface area contributed by atoms with E-state index in [4.69, 9.17) is 0 Å². The number of amides is 1. The molecule has 7 heteroatoms. The SMILES string of the molecule is CCC(=O)C(C)NC(=O)c1cc(-c2ccc(C)cc2)cc(-n2cnnn2)c1. The van der Waals surface area contributed by atoms with E-state index in [-0.39, 0.29) is 11.7 Å². The van der Waals surface area contributed by atoms with Crippen molar-refractivity contribution in [3.05, 3.63) is 59.9 Å². The monoisotopic (exact) mass is 363 g/mol. The van der Waals surface area contributed by atoms with Gasteiger partial charge in [-0.2, -0.15) is 0 Å². The van der Waals surface area contributed by atoms with Crippen LogP contribution in [0, 0.1) is 6.92 Å². The highest BCUT2D eigenvalue weighted by atomic mass is 16.2. The highest BCUT2D eigenvalue weighted by Crippen LogP contribution is 2.24. The molecule has 3 rings (SSSR count). The van der Waals surface area contributed by atoms with Crippen LogP contribution in [0.2, 0.25) is 0 Å². The number of aryl methyl sites for hydroxylation is 1. The fourth-order valence-corrected chi connectivity index (χ4v) is 2.73. The topological polar surface area (TPSA) is 89.8 Å². The van der Waals surface area contributed by atoms with Crippen LogP contribution in [0.4, 0.5) is 0 Å². The number of rotatable bonds is 6. The van der Waals surface area contributed by atoms with Crippen molar-refractivity contribution >= 4 is 11.7 Å². The van der Waals surface area contributed by atoms with Crippen molar-refractivity contribution < 1.29 is 9.59 Å². The summed E-state index contributed by atoms with van der Waals surface area (Å²) in [5.41, 5.74) is 4.09. The lowest BCUT2D eigenvalue weighted by atomic mass is 10.0. The van der Waals surface area contributed by atoms with Gasteiger partial charge < -0.3 is 5.32 Å². The Morgan fingerprint density at radius 3 is 2.48 bits per heavy atom. The van der Waals surface area contributed by atoms with Gasteiger partial charge in [0.25, 0.3) is 5.91 Å². The minimum atomic E-state index is -0.540. The normalized spacial score (nSPS) is 11.8. The van der Waals surface area contributed by atoms with E-state index in [2.05, 4.69) is 20.8 Å². The summed E-state index contributed by atoms with van der Waals surface area (Å²) in [6.45, 7) is 5.49. The van der Waals surface area contributed by atoms with Crippen molar-refractivity contribution in [3.63, 3.8) is 0 Å². The standard InChI is InChI=1S/C20H21N5O2/c1-4-19(26)14(3)22-20(27)17-9-16(15-7-5-13(2)6-8-15)10-18(11-17)25-12-21-23-24-25/h5-12,14H,4H2,1-3H3,(H,22,27). The first-order valence-electron chi connectivity index (χ1n) is 8.77. The molecule has 1 aromatic heterocycles. The summed E-state index contributed by atoms with van der Waals surface area (Å²) >= 11 is 0. The van der Waals surface area contributed by atoms with E-state index in [1.807, 2.05) is 37.3 Å². The van der Waals surface area contributed by atoms with Crippen molar-refractivity contribution in [1.29, 1.82) is 0 Å². The van der Waals surface area contributed by atoms with E-state index in [1.165, 1.54) is 11.0 Å². The van der Waals surface area contributed by atoms with Gasteiger partial charge in [-0.05, 0) is 53.6 Å². The van der Waals surface area contributed by atoms with Crippen molar-refractivity contribution in [1.82, 2.24) is 25.5 Å². The van der Waals surface area contributed by atoms with E-state index in [0.717, 1.165) is 16.7 Å². The number of carbonyl (C=O) groups excluding carboxylic acids is 2. The Hall–Kier alpha value is -3.35. The Labute approximate surface area is 157 Å². The number of Topliss-reactive ketones (excluding diaryl/α,β-unsaturated/α-hetero) is 1. The molecular formula is C20H21N5O2. The molecule has 1 N–H and O–H groups in total. The number of tetrazole rings is 1. The van der Waals surface area contributed by atoms with Crippen LogP contribution in [0.25, 0.3) is 16.8 Å². The molecule has 0 spiro atoms. The lowest BCUT2D eigenvalue weighted by Crippen LogP contribution is -2.38. The zero-order valence-corrected chi connectivity index (χ0v) is 15.5. The van der Waals surface area contributed by atoms with Gasteiger partial charge in [-0.3, -0.25) is 9.59 Å². The maximum atomic E-state index is 12.7. The molecule has 1 atom stereocenters. The summed E-state index contributed by atoms with van der Waals surface area (Å²) in [4.78, 5) is 24.5. The Kier molecular flexibility index (Phi) is 5.40. The van der Waals surface area contributed by atoms with Crippen molar-refractivity contribution in [3.8, 4) is 16.8 Å². The van der Waals surface area contributed by atoms with Gasteiger partial charge in [0.1, 0.15) is 6.33 Å². The molecule has 27 heavy (non-hydrogen) atoms. The number of hydrogen-bond acceptors (Lipinski definition) is 5. The first-order valence-corrected chi connectivity index (χ1v) is 8.77. The van der Waals surface area contributed by atoms with Crippen LogP contribution < -0.4 is 5.32 Å². The lowest BCUT2D eigenvalue weighted by molar-refractivity contribution is -0.120. The first kappa shape index (κ1) is 18.4. The summed E-state index contributed by atoms with van der Waals surface area (Å²) in [7, 11) is 0. The molecule has 0 radical (unpaired) electrons. The van der Waals surface area contributed by atoms with Gasteiger partial charge in [0.2, 0.25) is 0 Å². The molecule has 0 aliphatic rings. The molecule has 0 saturated heterocycles. The molecule has 0 aliphatic carbocycles. The fraction of sp³-hybridized carbons (Fsp3) is 0.250. The van der Waals surface area contributed by atoms with E-state index in [9.17, 15) is 9.59 Å². The van der Waals surface area contributed by atoms with Gasteiger partial charge in [0, 0.05) is 12.0 Å². The van der Waals surface area contributed by atoms with Crippen LogP contribution in [0.1, 0.15) is 36.2 Å². The van der Waals surface area contributed by atoms with E-state index < -0.39 is 6.04 Å². The third kappa shape index (κ3) is 4.25. The number of carbonyl (C=O) groups is 2. The summed E-state index contributed by atoms with van der Waals surface area (Å²) in [5, 5.41) is 14.0. The molecule has 1 heterocycles. The molecule has 0 bridgehead atoms. The molecular weight excluding hydrogens is 342 g/mol. The highest BCUT2D eigenvalue weighted by molar-refractivity contribution is 5.99. The second-order valence-electron chi connectivity index (χ2n) is 6.40. The Balaban J connectivity index is 2.01. The quantitative estimate of drug-likeness (QED) is 0.727. The molecule has 0 fully saturated rings. The number of aromatic nitrogens is 4. The largest absolute Gasteiger partial charge is 0.343 e. The van der Waals surface area contributed by atoms with Gasteiger partial charge >= 0.3 is 0 Å². The smallest absolute Gasteiger partial charge is 0.251 e. The van der Waals surface area contributed by atoms with Crippen molar-refractivity contribution in [2.45, 2.75) is 33.2 Å². The zero-order chi connectivity index (χ0) is 19.4. The first-order chi connectivity index (χ1) is 13.0. The van der Waals surface area contributed by atoms with Crippen LogP contribution in [0.5, 0.6) is 0 Å². The van der Waals surface area contributed by atoms with Crippen LogP contribution in [0.3, 0.4) is 0 Å². The van der Waals surface area contributed by atoms with E-state index in [1.54, 1.807) is 26.0 Å². The Morgan fingerprint density at radius 1 is 1.11 bits per heavy atom. The zero-order valence-electron chi connectivity index (χ0n) is 15.5. The second kappa shape index (κ2) is 7.90. The van der Waals surface area contributed by atoms with Gasteiger partial charge in [-0.1, -0.05) is 36.8 Å². The van der Waals surface area contributed by atoms with Crippen LogP contribution >= 0.6 is 0 Å². The minimum Gasteiger partial charge on any atom is -0.343 e. The summed E-state index contributed by atoms with van der Waals surface area (Å²) in [6, 6.07) is 12.9. The average molecular weight is 363 g/mol. The molecule has 0 aliphatic heterocycles. The predicted molar refractivity (Wildman–Crippen MR) is 102 cm³/mol. The van der Waals surface area contributed by atoms with Gasteiger partial charge in [-0.25, -0.2) is 4.68 Å². The highest BCUT2D eigenvalue weighted by Gasteiger charge is 2.17.